The van der Waals surface area contributed by atoms with E-state index in [1.54, 1.807) is 0 Å². The van der Waals surface area contributed by atoms with Crippen LogP contribution in [0.25, 0.3) is 0 Å². The van der Waals surface area contributed by atoms with Crippen LogP contribution in [0.5, 0.6) is 0 Å². The number of nitriles is 1. The first kappa shape index (κ1) is 16.9. The Morgan fingerprint density at radius 3 is 2.30 bits per heavy atom. The van der Waals surface area contributed by atoms with Crippen LogP contribution in [0.15, 0.2) is 23.1 Å². The Bertz CT molecular complexity index is 738. The van der Waals surface area contributed by atoms with Gasteiger partial charge in [0.25, 0.3) is 0 Å². The maximum atomic E-state index is 11.9. The second-order valence-electron chi connectivity index (χ2n) is 3.82. The van der Waals surface area contributed by atoms with Crippen LogP contribution in [0.3, 0.4) is 0 Å². The third-order valence-corrected chi connectivity index (χ3v) is 4.65. The van der Waals surface area contributed by atoms with Crippen molar-refractivity contribution in [2.75, 3.05) is 19.3 Å². The largest absolute Gasteiger partial charge is 0.240 e. The van der Waals surface area contributed by atoms with Gasteiger partial charge in [-0.3, -0.25) is 0 Å². The van der Waals surface area contributed by atoms with Crippen LogP contribution in [0.1, 0.15) is 5.56 Å². The summed E-state index contributed by atoms with van der Waals surface area (Å²) in [6.45, 7) is -0.172. The second-order valence-corrected chi connectivity index (χ2v) is 7.82. The summed E-state index contributed by atoms with van der Waals surface area (Å²) < 4.78 is 49.7. The summed E-state index contributed by atoms with van der Waals surface area (Å²) in [6.07, 6.45) is 0.974. The maximum Gasteiger partial charge on any atom is 0.240 e. The topological polar surface area (TPSA) is 116 Å². The molecule has 0 saturated carbocycles. The van der Waals surface area contributed by atoms with Crippen LogP contribution in [0.4, 0.5) is 0 Å². The van der Waals surface area contributed by atoms with E-state index in [1.165, 1.54) is 12.1 Å². The fourth-order valence-electron chi connectivity index (χ4n) is 1.26. The number of nitrogens with zero attached hydrogens (tertiary/aromatic N) is 1. The van der Waals surface area contributed by atoms with Gasteiger partial charge in [-0.2, -0.15) is 5.26 Å². The predicted octanol–water partition coefficient (Wildman–Crippen LogP) is 0.0392. The van der Waals surface area contributed by atoms with Crippen LogP contribution in [-0.2, 0) is 20.0 Å². The van der Waals surface area contributed by atoms with E-state index < -0.39 is 20.0 Å². The highest BCUT2D eigenvalue weighted by Crippen LogP contribution is 2.19. The van der Waals surface area contributed by atoms with Crippen molar-refractivity contribution in [3.63, 3.8) is 0 Å². The van der Waals surface area contributed by atoms with Crippen LogP contribution >= 0.6 is 11.6 Å². The predicted molar refractivity (Wildman–Crippen MR) is 74.2 cm³/mol. The highest BCUT2D eigenvalue weighted by Gasteiger charge is 2.15. The molecule has 0 fully saturated rings. The number of benzene rings is 1. The molecule has 0 atom stereocenters. The molecule has 0 amide bonds. The monoisotopic (exact) mass is 337 g/mol. The molecule has 0 saturated heterocycles. The number of sulfonamides is 2. The van der Waals surface area contributed by atoms with Gasteiger partial charge >= 0.3 is 0 Å². The van der Waals surface area contributed by atoms with Crippen LogP contribution < -0.4 is 9.44 Å². The first-order chi connectivity index (χ1) is 9.15. The molecular weight excluding hydrogens is 326 g/mol. The van der Waals surface area contributed by atoms with Gasteiger partial charge in [-0.15, -0.1) is 0 Å². The van der Waals surface area contributed by atoms with Crippen molar-refractivity contribution in [3.8, 4) is 6.07 Å². The van der Waals surface area contributed by atoms with Crippen molar-refractivity contribution in [1.82, 2.24) is 9.44 Å². The van der Waals surface area contributed by atoms with Crippen molar-refractivity contribution >= 4 is 31.6 Å². The number of hydrogen-bond donors (Lipinski definition) is 2. The number of hydrogen-bond acceptors (Lipinski definition) is 5. The van der Waals surface area contributed by atoms with Crippen LogP contribution in [-0.4, -0.2) is 36.2 Å². The molecule has 0 radical (unpaired) electrons. The summed E-state index contributed by atoms with van der Waals surface area (Å²) in [5, 5.41) is 8.73. The summed E-state index contributed by atoms with van der Waals surface area (Å²) in [4.78, 5) is -0.0964. The molecule has 110 valence electrons. The summed E-state index contributed by atoms with van der Waals surface area (Å²) in [6, 6.07) is 5.52. The molecule has 0 heterocycles. The van der Waals surface area contributed by atoms with Crippen molar-refractivity contribution in [2.45, 2.75) is 4.90 Å². The third kappa shape index (κ3) is 5.07. The van der Waals surface area contributed by atoms with E-state index >= 15 is 0 Å². The Morgan fingerprint density at radius 2 is 1.80 bits per heavy atom. The minimum atomic E-state index is -3.80. The van der Waals surface area contributed by atoms with Gasteiger partial charge in [-0.25, -0.2) is 26.3 Å². The zero-order chi connectivity index (χ0) is 15.4. The summed E-state index contributed by atoms with van der Waals surface area (Å²) in [5.41, 5.74) is 0.171. The summed E-state index contributed by atoms with van der Waals surface area (Å²) in [5.74, 6) is 0. The molecule has 0 unspecified atom stereocenters. The first-order valence-corrected chi connectivity index (χ1v) is 9.05. The molecule has 1 rings (SSSR count). The highest BCUT2D eigenvalue weighted by molar-refractivity contribution is 7.89. The Balaban J connectivity index is 2.75. The first-order valence-electron chi connectivity index (χ1n) is 5.30. The molecule has 1 aromatic carbocycles. The van der Waals surface area contributed by atoms with Crippen molar-refractivity contribution in [1.29, 1.82) is 5.26 Å². The molecule has 1 aromatic rings. The van der Waals surface area contributed by atoms with Gasteiger partial charge in [0.1, 0.15) is 6.07 Å². The lowest BCUT2D eigenvalue weighted by atomic mass is 10.2. The molecule has 0 spiro atoms. The van der Waals surface area contributed by atoms with Gasteiger partial charge in [0, 0.05) is 13.1 Å². The minimum absolute atomic E-state index is 0.0321. The standard InChI is InChI=1S/C10H12ClN3O4S2/c1-19(15,16)13-4-5-14-20(17,18)9-3-2-8(7-12)10(11)6-9/h2-3,6,13-14H,4-5H2,1H3. The molecule has 0 aliphatic heterocycles. The van der Waals surface area contributed by atoms with Crippen molar-refractivity contribution in [2.24, 2.45) is 0 Å². The van der Waals surface area contributed by atoms with Crippen molar-refractivity contribution < 1.29 is 16.8 Å². The molecule has 0 bridgehead atoms. The van der Waals surface area contributed by atoms with Crippen LogP contribution in [0.2, 0.25) is 5.02 Å². The van der Waals surface area contributed by atoms with Crippen molar-refractivity contribution in [3.05, 3.63) is 28.8 Å². The fraction of sp³-hybridized carbons (Fsp3) is 0.300. The Labute approximate surface area is 122 Å². The van der Waals surface area contributed by atoms with Gasteiger partial charge < -0.3 is 0 Å². The molecule has 0 aliphatic rings. The molecule has 7 nitrogen and oxygen atoms in total. The number of halogens is 1. The number of rotatable bonds is 6. The molecule has 2 N–H and O–H groups in total. The van der Waals surface area contributed by atoms with E-state index in [0.717, 1.165) is 12.3 Å². The quantitative estimate of drug-likeness (QED) is 0.711. The normalized spacial score (nSPS) is 12.1. The lowest BCUT2D eigenvalue weighted by Crippen LogP contribution is -2.34. The van der Waals surface area contributed by atoms with E-state index in [0.29, 0.717) is 0 Å². The average molecular weight is 338 g/mol. The zero-order valence-electron chi connectivity index (χ0n) is 10.4. The molecule has 20 heavy (non-hydrogen) atoms. The Hall–Kier alpha value is -1.18. The Morgan fingerprint density at radius 1 is 1.20 bits per heavy atom. The third-order valence-electron chi connectivity index (χ3n) is 2.15. The van der Waals surface area contributed by atoms with E-state index in [9.17, 15) is 16.8 Å². The molecular formula is C10H12ClN3O4S2. The number of nitrogens with one attached hydrogen (secondary N) is 2. The van der Waals surface area contributed by atoms with Gasteiger partial charge in [0.05, 0.1) is 21.7 Å². The lowest BCUT2D eigenvalue weighted by molar-refractivity contribution is 0.573. The van der Waals surface area contributed by atoms with Gasteiger partial charge in [-0.1, -0.05) is 11.6 Å². The highest BCUT2D eigenvalue weighted by atomic mass is 35.5. The average Bonchev–Trinajstić information content (AvgIpc) is 2.33. The van der Waals surface area contributed by atoms with Crippen LogP contribution in [0, 0.1) is 11.3 Å². The SMILES string of the molecule is CS(=O)(=O)NCCNS(=O)(=O)c1ccc(C#N)c(Cl)c1. The van der Waals surface area contributed by atoms with Gasteiger partial charge in [0.2, 0.25) is 20.0 Å². The molecule has 0 aromatic heterocycles. The molecule has 10 heteroatoms. The summed E-state index contributed by atoms with van der Waals surface area (Å²) in [7, 11) is -7.17. The second kappa shape index (κ2) is 6.51. The molecule has 0 aliphatic carbocycles. The van der Waals surface area contributed by atoms with E-state index in [-0.39, 0.29) is 28.6 Å². The zero-order valence-corrected chi connectivity index (χ0v) is 12.8. The van der Waals surface area contributed by atoms with E-state index in [4.69, 9.17) is 16.9 Å². The summed E-state index contributed by atoms with van der Waals surface area (Å²) >= 11 is 5.75. The van der Waals surface area contributed by atoms with Gasteiger partial charge in [0.15, 0.2) is 0 Å². The maximum absolute atomic E-state index is 11.9. The van der Waals surface area contributed by atoms with Gasteiger partial charge in [-0.05, 0) is 18.2 Å². The van der Waals surface area contributed by atoms with E-state index in [2.05, 4.69) is 9.44 Å². The Kier molecular flexibility index (Phi) is 5.50. The van der Waals surface area contributed by atoms with E-state index in [1.807, 2.05) is 6.07 Å². The fourth-order valence-corrected chi connectivity index (χ4v) is 3.08. The minimum Gasteiger partial charge on any atom is -0.214 e. The lowest BCUT2D eigenvalue weighted by Gasteiger charge is -2.07. The smallest absolute Gasteiger partial charge is 0.214 e.